The van der Waals surface area contributed by atoms with E-state index in [1.807, 2.05) is 0 Å². The Morgan fingerprint density at radius 3 is 2.69 bits per heavy atom. The van der Waals surface area contributed by atoms with E-state index in [4.69, 9.17) is 0 Å². The number of nitrogens with one attached hydrogen (secondary N) is 2. The second-order valence-electron chi connectivity index (χ2n) is 6.75. The third kappa shape index (κ3) is 4.04. The predicted octanol–water partition coefficient (Wildman–Crippen LogP) is 1.32. The maximum Gasteiger partial charge on any atom is 0.328 e. The lowest BCUT2D eigenvalue weighted by atomic mass is 10.1. The van der Waals surface area contributed by atoms with E-state index < -0.39 is 5.69 Å². The van der Waals surface area contributed by atoms with E-state index in [0.29, 0.717) is 29.6 Å². The van der Waals surface area contributed by atoms with Gasteiger partial charge in [0.2, 0.25) is 0 Å². The molecule has 2 heterocycles. The zero-order chi connectivity index (χ0) is 18.5. The topological polar surface area (TPSA) is 87.2 Å². The number of fused-ring (bicyclic) bond motifs is 1. The number of hydrogen-bond donors (Lipinski definition) is 2. The fraction of sp³-hybridized carbons (Fsp3) is 0.526. The second kappa shape index (κ2) is 8.31. The SMILES string of the molecule is CCn1c(=O)[nH]c2cc(C(=O)NCCCN3CCCCC3)ccc2c1=O. The van der Waals surface area contributed by atoms with Crippen molar-refractivity contribution in [3.63, 3.8) is 0 Å². The summed E-state index contributed by atoms with van der Waals surface area (Å²) in [5.41, 5.74) is 0.0502. The smallest absolute Gasteiger partial charge is 0.328 e. The molecule has 3 rings (SSSR count). The molecule has 0 radical (unpaired) electrons. The molecule has 1 fully saturated rings. The molecule has 0 unspecified atom stereocenters. The first kappa shape index (κ1) is 18.4. The Balaban J connectivity index is 1.63. The predicted molar refractivity (Wildman–Crippen MR) is 102 cm³/mol. The Kier molecular flexibility index (Phi) is 5.88. The van der Waals surface area contributed by atoms with Gasteiger partial charge < -0.3 is 15.2 Å². The number of piperidine rings is 1. The highest BCUT2D eigenvalue weighted by Gasteiger charge is 2.12. The third-order valence-electron chi connectivity index (χ3n) is 4.95. The van der Waals surface area contributed by atoms with E-state index in [0.717, 1.165) is 30.6 Å². The molecule has 0 aliphatic carbocycles. The van der Waals surface area contributed by atoms with E-state index in [2.05, 4.69) is 15.2 Å². The number of amides is 1. The molecule has 26 heavy (non-hydrogen) atoms. The quantitative estimate of drug-likeness (QED) is 0.763. The summed E-state index contributed by atoms with van der Waals surface area (Å²) >= 11 is 0. The van der Waals surface area contributed by atoms with E-state index in [1.54, 1.807) is 25.1 Å². The third-order valence-corrected chi connectivity index (χ3v) is 4.95. The number of benzene rings is 1. The molecular formula is C19H26N4O3. The van der Waals surface area contributed by atoms with Crippen LogP contribution in [0.5, 0.6) is 0 Å². The fourth-order valence-electron chi connectivity index (χ4n) is 3.47. The molecule has 0 saturated carbocycles. The zero-order valence-electron chi connectivity index (χ0n) is 15.2. The van der Waals surface area contributed by atoms with Crippen molar-refractivity contribution in [3.05, 3.63) is 44.6 Å². The number of likely N-dealkylation sites (tertiary alicyclic amines) is 1. The van der Waals surface area contributed by atoms with Crippen LogP contribution >= 0.6 is 0 Å². The van der Waals surface area contributed by atoms with Crippen LogP contribution in [0.4, 0.5) is 0 Å². The first-order valence-corrected chi connectivity index (χ1v) is 9.37. The average Bonchev–Trinajstić information content (AvgIpc) is 2.65. The van der Waals surface area contributed by atoms with Gasteiger partial charge in [-0.05, 0) is 64.0 Å². The minimum Gasteiger partial charge on any atom is -0.352 e. The molecule has 0 spiro atoms. The average molecular weight is 358 g/mol. The van der Waals surface area contributed by atoms with Crippen molar-refractivity contribution in [2.75, 3.05) is 26.2 Å². The summed E-state index contributed by atoms with van der Waals surface area (Å²) in [7, 11) is 0. The second-order valence-corrected chi connectivity index (χ2v) is 6.75. The molecule has 7 heteroatoms. The number of carbonyl (C=O) groups is 1. The van der Waals surface area contributed by atoms with Crippen LogP contribution < -0.4 is 16.6 Å². The Morgan fingerprint density at radius 1 is 1.19 bits per heavy atom. The van der Waals surface area contributed by atoms with Crippen LogP contribution in [0.3, 0.4) is 0 Å². The minimum atomic E-state index is -0.455. The summed E-state index contributed by atoms with van der Waals surface area (Å²) in [5, 5.41) is 3.32. The molecule has 2 N–H and O–H groups in total. The summed E-state index contributed by atoms with van der Waals surface area (Å²) < 4.78 is 1.14. The van der Waals surface area contributed by atoms with E-state index in [1.165, 1.54) is 19.3 Å². The lowest BCUT2D eigenvalue weighted by Gasteiger charge is -2.26. The van der Waals surface area contributed by atoms with Crippen LogP contribution in [0.1, 0.15) is 43.0 Å². The van der Waals surface area contributed by atoms with Crippen LogP contribution in [0.15, 0.2) is 27.8 Å². The van der Waals surface area contributed by atoms with Crippen molar-refractivity contribution in [2.45, 2.75) is 39.2 Å². The Morgan fingerprint density at radius 2 is 1.96 bits per heavy atom. The van der Waals surface area contributed by atoms with Gasteiger partial charge in [-0.3, -0.25) is 14.2 Å². The van der Waals surface area contributed by atoms with Crippen LogP contribution in [0.25, 0.3) is 10.9 Å². The molecule has 1 amide bonds. The van der Waals surface area contributed by atoms with Gasteiger partial charge in [0.05, 0.1) is 10.9 Å². The molecular weight excluding hydrogens is 332 g/mol. The number of rotatable bonds is 6. The van der Waals surface area contributed by atoms with Crippen LogP contribution in [0, 0.1) is 0 Å². The molecule has 140 valence electrons. The molecule has 0 bridgehead atoms. The van der Waals surface area contributed by atoms with Gasteiger partial charge in [0.1, 0.15) is 0 Å². The van der Waals surface area contributed by atoms with Crippen molar-refractivity contribution in [2.24, 2.45) is 0 Å². The van der Waals surface area contributed by atoms with Gasteiger partial charge in [0.15, 0.2) is 0 Å². The summed E-state index contributed by atoms with van der Waals surface area (Å²) in [5.74, 6) is -0.189. The summed E-state index contributed by atoms with van der Waals surface area (Å²) in [6.07, 6.45) is 4.76. The molecule has 1 saturated heterocycles. The minimum absolute atomic E-state index is 0.189. The van der Waals surface area contributed by atoms with Gasteiger partial charge in [0.25, 0.3) is 11.5 Å². The van der Waals surface area contributed by atoms with E-state index in [-0.39, 0.29) is 11.5 Å². The first-order valence-electron chi connectivity index (χ1n) is 9.37. The molecule has 7 nitrogen and oxygen atoms in total. The molecule has 2 aromatic rings. The maximum absolute atomic E-state index is 12.3. The summed E-state index contributed by atoms with van der Waals surface area (Å²) in [4.78, 5) is 41.6. The number of hydrogen-bond acceptors (Lipinski definition) is 4. The highest BCUT2D eigenvalue weighted by Crippen LogP contribution is 2.10. The van der Waals surface area contributed by atoms with Crippen molar-refractivity contribution in [1.82, 2.24) is 19.8 Å². The van der Waals surface area contributed by atoms with E-state index in [9.17, 15) is 14.4 Å². The molecule has 1 aromatic heterocycles. The van der Waals surface area contributed by atoms with Gasteiger partial charge in [-0.15, -0.1) is 0 Å². The highest BCUT2D eigenvalue weighted by molar-refractivity contribution is 5.97. The van der Waals surface area contributed by atoms with Crippen molar-refractivity contribution in [3.8, 4) is 0 Å². The van der Waals surface area contributed by atoms with Crippen molar-refractivity contribution < 1.29 is 4.79 Å². The Bertz CT molecular complexity index is 894. The number of carbonyl (C=O) groups excluding carboxylic acids is 1. The van der Waals surface area contributed by atoms with Gasteiger partial charge in [-0.1, -0.05) is 6.42 Å². The standard InChI is InChI=1S/C19H26N4O3/c1-2-23-18(25)15-8-7-14(13-16(15)21-19(23)26)17(24)20-9-6-12-22-10-4-3-5-11-22/h7-8,13H,2-6,9-12H2,1H3,(H,20,24)(H,21,26). The Labute approximate surface area is 152 Å². The van der Waals surface area contributed by atoms with Crippen LogP contribution in [-0.4, -0.2) is 46.5 Å². The van der Waals surface area contributed by atoms with Crippen LogP contribution in [0.2, 0.25) is 0 Å². The number of H-pyrrole nitrogens is 1. The summed E-state index contributed by atoms with van der Waals surface area (Å²) in [6.45, 7) is 5.98. The molecule has 1 aliphatic heterocycles. The zero-order valence-corrected chi connectivity index (χ0v) is 15.2. The monoisotopic (exact) mass is 358 g/mol. The van der Waals surface area contributed by atoms with Gasteiger partial charge in [-0.25, -0.2) is 4.79 Å². The van der Waals surface area contributed by atoms with Crippen LogP contribution in [-0.2, 0) is 6.54 Å². The first-order chi connectivity index (χ1) is 12.6. The van der Waals surface area contributed by atoms with Crippen molar-refractivity contribution >= 4 is 16.8 Å². The maximum atomic E-state index is 12.3. The van der Waals surface area contributed by atoms with Gasteiger partial charge in [-0.2, -0.15) is 0 Å². The van der Waals surface area contributed by atoms with Gasteiger partial charge in [0, 0.05) is 18.7 Å². The van der Waals surface area contributed by atoms with E-state index >= 15 is 0 Å². The molecule has 0 atom stereocenters. The Hall–Kier alpha value is -2.41. The number of aromatic nitrogens is 2. The normalized spacial score (nSPS) is 15.3. The largest absolute Gasteiger partial charge is 0.352 e. The summed E-state index contributed by atoms with van der Waals surface area (Å²) in [6, 6.07) is 4.79. The van der Waals surface area contributed by atoms with Gasteiger partial charge >= 0.3 is 5.69 Å². The lowest BCUT2D eigenvalue weighted by Crippen LogP contribution is -2.34. The molecule has 1 aliphatic rings. The number of aromatic amines is 1. The highest BCUT2D eigenvalue weighted by atomic mass is 16.2. The number of nitrogens with zero attached hydrogens (tertiary/aromatic N) is 2. The lowest BCUT2D eigenvalue weighted by molar-refractivity contribution is 0.0951. The molecule has 1 aromatic carbocycles. The van der Waals surface area contributed by atoms with Crippen molar-refractivity contribution in [1.29, 1.82) is 0 Å². The fourth-order valence-corrected chi connectivity index (χ4v) is 3.47.